The number of nitrogens with two attached hydrogens (primary N) is 1. The van der Waals surface area contributed by atoms with E-state index < -0.39 is 6.03 Å². The molecule has 4 rings (SSSR count). The van der Waals surface area contributed by atoms with Crippen molar-refractivity contribution in [3.05, 3.63) is 64.9 Å². The first kappa shape index (κ1) is 20.5. The Bertz CT molecular complexity index is 1010. The van der Waals surface area contributed by atoms with Gasteiger partial charge in [-0.25, -0.2) is 14.8 Å². The van der Waals surface area contributed by atoms with E-state index in [1.165, 1.54) is 0 Å². The molecular formula is C19H19BrN6O3. The lowest BCUT2D eigenvalue weighted by atomic mass is 10.2. The summed E-state index contributed by atoms with van der Waals surface area (Å²) in [5.74, 6) is 1.53. The standard InChI is InChI=1S/C10H10BrNO2.C9H9N5O/c1-12-8-6-7(11)2-3-9(8)14-5-4-10(12)13;10-9(15)14-6-7(5-13-14)4-8-11-2-1-3-12-8/h2-3,6H,4-5H2,1H3;1-3,5-6H,4H2,(H2,10,15). The molecule has 9 nitrogen and oxygen atoms in total. The minimum absolute atomic E-state index is 0.0850. The number of benzene rings is 1. The molecule has 3 aromatic rings. The smallest absolute Gasteiger partial charge is 0.339 e. The Morgan fingerprint density at radius 3 is 2.76 bits per heavy atom. The summed E-state index contributed by atoms with van der Waals surface area (Å²) < 4.78 is 7.49. The van der Waals surface area contributed by atoms with Gasteiger partial charge in [-0.2, -0.15) is 9.78 Å². The zero-order chi connectivity index (χ0) is 20.8. The van der Waals surface area contributed by atoms with Gasteiger partial charge in [-0.05, 0) is 29.8 Å². The van der Waals surface area contributed by atoms with Gasteiger partial charge < -0.3 is 15.4 Å². The van der Waals surface area contributed by atoms with E-state index in [4.69, 9.17) is 10.5 Å². The Balaban J connectivity index is 0.000000166. The van der Waals surface area contributed by atoms with E-state index >= 15 is 0 Å². The van der Waals surface area contributed by atoms with E-state index in [-0.39, 0.29) is 5.91 Å². The number of ether oxygens (including phenoxy) is 1. The maximum Gasteiger partial charge on any atom is 0.339 e. The van der Waals surface area contributed by atoms with Crippen LogP contribution < -0.4 is 15.4 Å². The average molecular weight is 459 g/mol. The highest BCUT2D eigenvalue weighted by atomic mass is 79.9. The average Bonchev–Trinajstić information content (AvgIpc) is 3.13. The van der Waals surface area contributed by atoms with Gasteiger partial charge in [0.25, 0.3) is 0 Å². The van der Waals surface area contributed by atoms with Gasteiger partial charge in [-0.15, -0.1) is 0 Å². The second-order valence-electron chi connectivity index (χ2n) is 6.14. The first-order valence-electron chi connectivity index (χ1n) is 8.72. The maximum absolute atomic E-state index is 11.5. The fraction of sp³-hybridized carbons (Fsp3) is 0.211. The highest BCUT2D eigenvalue weighted by molar-refractivity contribution is 9.10. The molecule has 0 saturated carbocycles. The zero-order valence-corrected chi connectivity index (χ0v) is 17.2. The molecule has 1 aromatic carbocycles. The predicted octanol–water partition coefficient (Wildman–Crippen LogP) is 2.39. The zero-order valence-electron chi connectivity index (χ0n) is 15.7. The number of amides is 2. The van der Waals surface area contributed by atoms with E-state index in [9.17, 15) is 9.59 Å². The van der Waals surface area contributed by atoms with Crippen molar-refractivity contribution in [1.29, 1.82) is 0 Å². The number of hydrogen-bond donors (Lipinski definition) is 1. The number of carbonyl (C=O) groups is 2. The number of carbonyl (C=O) groups excluding carboxylic acids is 2. The van der Waals surface area contributed by atoms with Crippen molar-refractivity contribution in [2.24, 2.45) is 5.73 Å². The van der Waals surface area contributed by atoms with Crippen molar-refractivity contribution in [2.75, 3.05) is 18.6 Å². The lowest BCUT2D eigenvalue weighted by Gasteiger charge is -2.16. The summed E-state index contributed by atoms with van der Waals surface area (Å²) in [6.07, 6.45) is 7.44. The number of rotatable bonds is 2. The Morgan fingerprint density at radius 2 is 2.07 bits per heavy atom. The second kappa shape index (κ2) is 9.28. The Kier molecular flexibility index (Phi) is 6.55. The van der Waals surface area contributed by atoms with E-state index in [2.05, 4.69) is 31.0 Å². The summed E-state index contributed by atoms with van der Waals surface area (Å²) in [6.45, 7) is 0.456. The molecule has 29 heavy (non-hydrogen) atoms. The molecule has 3 heterocycles. The summed E-state index contributed by atoms with van der Waals surface area (Å²) in [7, 11) is 1.77. The second-order valence-corrected chi connectivity index (χ2v) is 7.05. The number of hydrogen-bond acceptors (Lipinski definition) is 6. The molecule has 0 aliphatic carbocycles. The van der Waals surface area contributed by atoms with Crippen LogP contribution in [-0.4, -0.2) is 45.3 Å². The largest absolute Gasteiger partial charge is 0.491 e. The molecule has 1 aliphatic heterocycles. The summed E-state index contributed by atoms with van der Waals surface area (Å²) in [5.41, 5.74) is 6.72. The van der Waals surface area contributed by atoms with Crippen molar-refractivity contribution in [3.63, 3.8) is 0 Å². The van der Waals surface area contributed by atoms with Crippen molar-refractivity contribution in [3.8, 4) is 5.75 Å². The minimum atomic E-state index is -0.602. The number of primary amides is 1. The van der Waals surface area contributed by atoms with Crippen LogP contribution in [0.5, 0.6) is 5.75 Å². The third-order valence-corrected chi connectivity index (χ3v) is 4.57. The highest BCUT2D eigenvalue weighted by Gasteiger charge is 2.19. The Hall–Kier alpha value is -3.27. The van der Waals surface area contributed by atoms with Gasteiger partial charge >= 0.3 is 6.03 Å². The summed E-state index contributed by atoms with van der Waals surface area (Å²) in [5, 5.41) is 3.80. The fourth-order valence-corrected chi connectivity index (χ4v) is 2.95. The molecule has 0 spiro atoms. The van der Waals surface area contributed by atoms with Gasteiger partial charge in [0.1, 0.15) is 11.6 Å². The normalized spacial score (nSPS) is 12.9. The SMILES string of the molecule is CN1C(=O)CCOc2ccc(Br)cc21.NC(=O)n1cc(Cc2ncccn2)cn1. The molecule has 0 atom stereocenters. The summed E-state index contributed by atoms with van der Waals surface area (Å²) in [6, 6.07) is 6.81. The lowest BCUT2D eigenvalue weighted by molar-refractivity contribution is -0.118. The van der Waals surface area contributed by atoms with Crippen LogP contribution in [0.15, 0.2) is 53.5 Å². The molecule has 0 radical (unpaired) electrons. The molecule has 0 bridgehead atoms. The number of anilines is 1. The Labute approximate surface area is 175 Å². The van der Waals surface area contributed by atoms with Gasteiger partial charge in [0, 0.05) is 36.5 Å². The van der Waals surface area contributed by atoms with Gasteiger partial charge in [-0.1, -0.05) is 15.9 Å². The van der Waals surface area contributed by atoms with E-state index in [0.717, 1.165) is 26.2 Å². The predicted molar refractivity (Wildman–Crippen MR) is 110 cm³/mol. The van der Waals surface area contributed by atoms with Crippen molar-refractivity contribution < 1.29 is 14.3 Å². The fourth-order valence-electron chi connectivity index (χ4n) is 2.60. The molecule has 1 aliphatic rings. The molecule has 2 aromatic heterocycles. The molecule has 150 valence electrons. The molecule has 0 fully saturated rings. The summed E-state index contributed by atoms with van der Waals surface area (Å²) >= 11 is 3.37. The van der Waals surface area contributed by atoms with Gasteiger partial charge in [0.15, 0.2) is 0 Å². The van der Waals surface area contributed by atoms with Crippen LogP contribution >= 0.6 is 15.9 Å². The third-order valence-electron chi connectivity index (χ3n) is 4.07. The number of aromatic nitrogens is 4. The van der Waals surface area contributed by atoms with Crippen LogP contribution in [-0.2, 0) is 11.2 Å². The lowest BCUT2D eigenvalue weighted by Crippen LogP contribution is -2.25. The van der Waals surface area contributed by atoms with Crippen molar-refractivity contribution in [1.82, 2.24) is 19.7 Å². The molecule has 2 amide bonds. The van der Waals surface area contributed by atoms with Crippen molar-refractivity contribution in [2.45, 2.75) is 12.8 Å². The summed E-state index contributed by atoms with van der Waals surface area (Å²) in [4.78, 5) is 32.0. The van der Waals surface area contributed by atoms with Gasteiger partial charge in [0.05, 0.1) is 24.9 Å². The minimum Gasteiger partial charge on any atom is -0.491 e. The maximum atomic E-state index is 11.5. The third kappa shape index (κ3) is 5.38. The van der Waals surface area contributed by atoms with Gasteiger partial charge in [0.2, 0.25) is 5.91 Å². The van der Waals surface area contributed by atoms with Crippen LogP contribution in [0, 0.1) is 0 Å². The number of fused-ring (bicyclic) bond motifs is 1. The van der Waals surface area contributed by atoms with Crippen LogP contribution in [0.25, 0.3) is 0 Å². The van der Waals surface area contributed by atoms with Crippen LogP contribution in [0.3, 0.4) is 0 Å². The van der Waals surface area contributed by atoms with Gasteiger partial charge in [-0.3, -0.25) is 4.79 Å². The van der Waals surface area contributed by atoms with E-state index in [0.29, 0.717) is 25.3 Å². The number of nitrogens with zero attached hydrogens (tertiary/aromatic N) is 5. The monoisotopic (exact) mass is 458 g/mol. The van der Waals surface area contributed by atoms with Crippen molar-refractivity contribution >= 4 is 33.6 Å². The van der Waals surface area contributed by atoms with Crippen LogP contribution in [0.4, 0.5) is 10.5 Å². The first-order valence-corrected chi connectivity index (χ1v) is 9.51. The number of halogens is 1. The topological polar surface area (TPSA) is 116 Å². The Morgan fingerprint density at radius 1 is 1.31 bits per heavy atom. The molecular weight excluding hydrogens is 440 g/mol. The highest BCUT2D eigenvalue weighted by Crippen LogP contribution is 2.32. The van der Waals surface area contributed by atoms with E-state index in [1.54, 1.807) is 42.8 Å². The first-order chi connectivity index (χ1) is 13.9. The molecule has 0 saturated heterocycles. The molecule has 10 heteroatoms. The van der Waals surface area contributed by atoms with E-state index in [1.807, 2.05) is 18.2 Å². The van der Waals surface area contributed by atoms with Crippen LogP contribution in [0.1, 0.15) is 17.8 Å². The molecule has 0 unspecified atom stereocenters. The quantitative estimate of drug-likeness (QED) is 0.629. The molecule has 2 N–H and O–H groups in total. The van der Waals surface area contributed by atoms with Crippen LogP contribution in [0.2, 0.25) is 0 Å².